The molecule has 1 atom stereocenters. The van der Waals surface area contributed by atoms with Crippen molar-refractivity contribution in [2.75, 3.05) is 19.7 Å². The number of carbonyl (C=O) groups excluding carboxylic acids is 2. The van der Waals surface area contributed by atoms with Crippen LogP contribution in [0, 0.1) is 0 Å². The van der Waals surface area contributed by atoms with Crippen LogP contribution in [-0.2, 0) is 14.3 Å². The van der Waals surface area contributed by atoms with Crippen LogP contribution in [0.4, 0.5) is 0 Å². The van der Waals surface area contributed by atoms with E-state index in [4.69, 9.17) is 4.74 Å². The third kappa shape index (κ3) is 3.66. The van der Waals surface area contributed by atoms with Gasteiger partial charge in [0.05, 0.1) is 0 Å². The number of aliphatic hydroxyl groups excluding tert-OH is 1. The average molecular weight is 227 g/mol. The van der Waals surface area contributed by atoms with Crippen LogP contribution in [0.15, 0.2) is 12.2 Å². The Balaban J connectivity index is 2.25. The summed E-state index contributed by atoms with van der Waals surface area (Å²) in [7, 11) is 0. The van der Waals surface area contributed by atoms with Crippen LogP contribution in [0.1, 0.15) is 19.8 Å². The number of amides is 1. The van der Waals surface area contributed by atoms with Gasteiger partial charge in [0.25, 0.3) is 0 Å². The zero-order valence-corrected chi connectivity index (χ0v) is 9.44. The maximum Gasteiger partial charge on any atom is 0.333 e. The molecule has 1 unspecified atom stereocenters. The maximum absolute atomic E-state index is 11.2. The topological polar surface area (TPSA) is 66.8 Å². The Morgan fingerprint density at radius 1 is 1.69 bits per heavy atom. The van der Waals surface area contributed by atoms with Crippen molar-refractivity contribution in [3.8, 4) is 0 Å². The van der Waals surface area contributed by atoms with Crippen LogP contribution in [0.25, 0.3) is 0 Å². The summed E-state index contributed by atoms with van der Waals surface area (Å²) in [4.78, 5) is 23.9. The van der Waals surface area contributed by atoms with E-state index in [0.29, 0.717) is 18.5 Å². The van der Waals surface area contributed by atoms with Crippen molar-refractivity contribution < 1.29 is 19.4 Å². The quantitative estimate of drug-likeness (QED) is 0.534. The fraction of sp³-hybridized carbons (Fsp3) is 0.636. The molecule has 0 aromatic carbocycles. The number of carbonyl (C=O) groups is 2. The number of hydrogen-bond acceptors (Lipinski definition) is 4. The second kappa shape index (κ2) is 5.65. The highest BCUT2D eigenvalue weighted by Gasteiger charge is 2.23. The normalized spacial score (nSPS) is 17.4. The fourth-order valence-corrected chi connectivity index (χ4v) is 1.50. The van der Waals surface area contributed by atoms with E-state index in [0.717, 1.165) is 6.42 Å². The van der Waals surface area contributed by atoms with Gasteiger partial charge in [0.2, 0.25) is 5.91 Å². The van der Waals surface area contributed by atoms with Gasteiger partial charge in [0, 0.05) is 25.1 Å². The van der Waals surface area contributed by atoms with Gasteiger partial charge in [-0.1, -0.05) is 6.58 Å². The van der Waals surface area contributed by atoms with Crippen LogP contribution < -0.4 is 0 Å². The lowest BCUT2D eigenvalue weighted by Gasteiger charge is -2.19. The minimum absolute atomic E-state index is 0.0466. The molecule has 1 amide bonds. The molecule has 1 N–H and O–H groups in total. The first kappa shape index (κ1) is 12.7. The van der Waals surface area contributed by atoms with E-state index in [9.17, 15) is 14.7 Å². The molecule has 1 saturated heterocycles. The first-order chi connectivity index (χ1) is 7.50. The molecular weight excluding hydrogens is 210 g/mol. The first-order valence-electron chi connectivity index (χ1n) is 5.29. The van der Waals surface area contributed by atoms with Crippen molar-refractivity contribution in [1.82, 2.24) is 4.90 Å². The Bertz CT molecular complexity index is 300. The van der Waals surface area contributed by atoms with Crippen molar-refractivity contribution in [3.63, 3.8) is 0 Å². The highest BCUT2D eigenvalue weighted by molar-refractivity contribution is 5.86. The molecule has 0 aliphatic carbocycles. The second-order valence-electron chi connectivity index (χ2n) is 3.98. The third-order valence-electron chi connectivity index (χ3n) is 2.36. The Kier molecular flexibility index (Phi) is 4.49. The van der Waals surface area contributed by atoms with Crippen LogP contribution in [0.5, 0.6) is 0 Å². The number of ether oxygens (including phenoxy) is 1. The van der Waals surface area contributed by atoms with E-state index in [1.54, 1.807) is 11.8 Å². The first-order valence-corrected chi connectivity index (χ1v) is 5.29. The van der Waals surface area contributed by atoms with Gasteiger partial charge in [-0.3, -0.25) is 4.79 Å². The molecule has 0 saturated carbocycles. The average Bonchev–Trinajstić information content (AvgIpc) is 2.60. The van der Waals surface area contributed by atoms with Gasteiger partial charge in [0.1, 0.15) is 12.7 Å². The maximum atomic E-state index is 11.2. The molecule has 1 aliphatic heterocycles. The van der Waals surface area contributed by atoms with Crippen molar-refractivity contribution in [2.24, 2.45) is 0 Å². The van der Waals surface area contributed by atoms with Crippen LogP contribution in [0.2, 0.25) is 0 Å². The summed E-state index contributed by atoms with van der Waals surface area (Å²) in [5.41, 5.74) is 0.296. The third-order valence-corrected chi connectivity index (χ3v) is 2.36. The lowest BCUT2D eigenvalue weighted by atomic mass is 10.3. The summed E-state index contributed by atoms with van der Waals surface area (Å²) in [6, 6.07) is 0. The molecule has 1 heterocycles. The van der Waals surface area contributed by atoms with E-state index in [1.807, 2.05) is 0 Å². The largest absolute Gasteiger partial charge is 0.460 e. The van der Waals surface area contributed by atoms with Gasteiger partial charge >= 0.3 is 5.97 Å². The Labute approximate surface area is 94.7 Å². The molecule has 0 aromatic rings. The lowest BCUT2D eigenvalue weighted by Crippen LogP contribution is -2.36. The number of aliphatic hydroxyl groups is 1. The van der Waals surface area contributed by atoms with E-state index < -0.39 is 12.1 Å². The van der Waals surface area contributed by atoms with Gasteiger partial charge < -0.3 is 14.7 Å². The molecule has 90 valence electrons. The molecule has 1 fully saturated rings. The summed E-state index contributed by atoms with van der Waals surface area (Å²) < 4.78 is 4.78. The van der Waals surface area contributed by atoms with Gasteiger partial charge in [0.15, 0.2) is 0 Å². The Morgan fingerprint density at radius 3 is 2.88 bits per heavy atom. The van der Waals surface area contributed by atoms with Gasteiger partial charge in [-0.05, 0) is 13.3 Å². The highest BCUT2D eigenvalue weighted by atomic mass is 16.5. The number of β-amino-alcohol motifs (C(OH)–C–C–N with tert-alkyl or cyclic N) is 1. The molecule has 1 rings (SSSR count). The predicted octanol–water partition coefficient (Wildman–Crippen LogP) is 0.0890. The van der Waals surface area contributed by atoms with Crippen LogP contribution in [0.3, 0.4) is 0 Å². The zero-order valence-electron chi connectivity index (χ0n) is 9.44. The smallest absolute Gasteiger partial charge is 0.333 e. The molecular formula is C11H17NO4. The minimum Gasteiger partial charge on any atom is -0.460 e. The summed E-state index contributed by atoms with van der Waals surface area (Å²) in [6.45, 7) is 5.76. The number of likely N-dealkylation sites (tertiary alicyclic amines) is 1. The molecule has 0 spiro atoms. The molecule has 16 heavy (non-hydrogen) atoms. The summed E-state index contributed by atoms with van der Waals surface area (Å²) >= 11 is 0. The lowest BCUT2D eigenvalue weighted by molar-refractivity contribution is -0.142. The molecule has 0 aromatic heterocycles. The number of hydrogen-bond donors (Lipinski definition) is 1. The molecule has 1 aliphatic rings. The standard InChI is InChI=1S/C11H17NO4/c1-8(2)11(15)16-7-9(13)6-12-5-3-4-10(12)14/h9,13H,1,3-7H2,2H3. The van der Waals surface area contributed by atoms with Gasteiger partial charge in [-0.25, -0.2) is 4.79 Å². The van der Waals surface area contributed by atoms with E-state index in [-0.39, 0.29) is 19.1 Å². The van der Waals surface area contributed by atoms with Crippen molar-refractivity contribution in [2.45, 2.75) is 25.9 Å². The number of nitrogens with zero attached hydrogens (tertiary/aromatic N) is 1. The van der Waals surface area contributed by atoms with Crippen molar-refractivity contribution >= 4 is 11.9 Å². The number of esters is 1. The fourth-order valence-electron chi connectivity index (χ4n) is 1.50. The minimum atomic E-state index is -0.828. The highest BCUT2D eigenvalue weighted by Crippen LogP contribution is 2.10. The molecule has 0 bridgehead atoms. The summed E-state index contributed by atoms with van der Waals surface area (Å²) in [6.07, 6.45) is 0.542. The van der Waals surface area contributed by atoms with Gasteiger partial charge in [-0.2, -0.15) is 0 Å². The van der Waals surface area contributed by atoms with E-state index >= 15 is 0 Å². The van der Waals surface area contributed by atoms with Crippen molar-refractivity contribution in [1.29, 1.82) is 0 Å². The van der Waals surface area contributed by atoms with Crippen LogP contribution in [-0.4, -0.2) is 47.7 Å². The molecule has 5 nitrogen and oxygen atoms in total. The monoisotopic (exact) mass is 227 g/mol. The predicted molar refractivity (Wildman–Crippen MR) is 57.6 cm³/mol. The SMILES string of the molecule is C=C(C)C(=O)OCC(O)CN1CCCC1=O. The van der Waals surface area contributed by atoms with E-state index in [2.05, 4.69) is 6.58 Å². The van der Waals surface area contributed by atoms with Crippen molar-refractivity contribution in [3.05, 3.63) is 12.2 Å². The summed E-state index contributed by atoms with van der Waals surface area (Å²) in [5.74, 6) is -0.475. The zero-order chi connectivity index (χ0) is 12.1. The summed E-state index contributed by atoms with van der Waals surface area (Å²) in [5, 5.41) is 9.56. The van der Waals surface area contributed by atoms with Gasteiger partial charge in [-0.15, -0.1) is 0 Å². The van der Waals surface area contributed by atoms with E-state index in [1.165, 1.54) is 0 Å². The molecule has 0 radical (unpaired) electrons. The molecule has 5 heteroatoms. The Morgan fingerprint density at radius 2 is 2.38 bits per heavy atom. The second-order valence-corrected chi connectivity index (χ2v) is 3.98. The Hall–Kier alpha value is -1.36. The van der Waals surface area contributed by atoms with Crippen LogP contribution >= 0.6 is 0 Å². The number of rotatable bonds is 5.